The Morgan fingerprint density at radius 3 is 2.61 bits per heavy atom. The molecule has 1 fully saturated rings. The van der Waals surface area contributed by atoms with Gasteiger partial charge < -0.3 is 5.11 Å². The molecule has 4 heteroatoms. The van der Waals surface area contributed by atoms with Crippen LogP contribution >= 0.6 is 11.6 Å². The molecule has 1 aromatic heterocycles. The highest BCUT2D eigenvalue weighted by Crippen LogP contribution is 2.40. The van der Waals surface area contributed by atoms with Gasteiger partial charge in [0, 0.05) is 11.8 Å². The third-order valence-electron chi connectivity index (χ3n) is 3.14. The summed E-state index contributed by atoms with van der Waals surface area (Å²) in [6.45, 7) is 0. The van der Waals surface area contributed by atoms with Crippen molar-refractivity contribution in [3.63, 3.8) is 0 Å². The fourth-order valence-electron chi connectivity index (χ4n) is 1.96. The first-order valence-electron chi connectivity index (χ1n) is 5.79. The minimum absolute atomic E-state index is 0.0990. The van der Waals surface area contributed by atoms with Crippen LogP contribution in [0.2, 0.25) is 5.02 Å². The molecule has 0 atom stereocenters. The van der Waals surface area contributed by atoms with Gasteiger partial charge in [0.1, 0.15) is 0 Å². The number of nitrogens with zero attached hydrogens (tertiary/aromatic N) is 1. The summed E-state index contributed by atoms with van der Waals surface area (Å²) in [4.78, 5) is 4.33. The molecule has 0 saturated heterocycles. The quantitative estimate of drug-likeness (QED) is 0.884. The third-order valence-corrected chi connectivity index (χ3v) is 3.41. The standard InChI is InChI=1S/C14H11ClFNO/c15-11-5-10(6-13(18)14(11)16)12-4-3-9(7-17-12)8-1-2-8/h3-8,18H,1-2H2. The summed E-state index contributed by atoms with van der Waals surface area (Å²) >= 11 is 5.70. The van der Waals surface area contributed by atoms with Crippen molar-refractivity contribution in [3.8, 4) is 17.0 Å². The maximum absolute atomic E-state index is 13.2. The van der Waals surface area contributed by atoms with E-state index in [1.54, 1.807) is 0 Å². The lowest BCUT2D eigenvalue weighted by molar-refractivity contribution is 0.433. The Hall–Kier alpha value is -1.61. The molecule has 0 radical (unpaired) electrons. The van der Waals surface area contributed by atoms with Crippen molar-refractivity contribution in [1.29, 1.82) is 0 Å². The molecule has 18 heavy (non-hydrogen) atoms. The number of phenols is 1. The number of benzene rings is 1. The van der Waals surface area contributed by atoms with Crippen LogP contribution in [-0.2, 0) is 0 Å². The highest BCUT2D eigenvalue weighted by molar-refractivity contribution is 6.31. The average Bonchev–Trinajstić information content (AvgIpc) is 3.20. The maximum atomic E-state index is 13.2. The van der Waals surface area contributed by atoms with Crippen molar-refractivity contribution in [2.24, 2.45) is 0 Å². The summed E-state index contributed by atoms with van der Waals surface area (Å²) in [6.07, 6.45) is 4.29. The van der Waals surface area contributed by atoms with Crippen molar-refractivity contribution < 1.29 is 9.50 Å². The maximum Gasteiger partial charge on any atom is 0.183 e. The molecule has 2 nitrogen and oxygen atoms in total. The van der Waals surface area contributed by atoms with Gasteiger partial charge in [-0.15, -0.1) is 0 Å². The summed E-state index contributed by atoms with van der Waals surface area (Å²) in [7, 11) is 0. The monoisotopic (exact) mass is 263 g/mol. The molecule has 1 aromatic carbocycles. The zero-order valence-electron chi connectivity index (χ0n) is 9.53. The van der Waals surface area contributed by atoms with Crippen molar-refractivity contribution in [1.82, 2.24) is 4.98 Å². The minimum atomic E-state index is -0.796. The lowest BCUT2D eigenvalue weighted by Gasteiger charge is -2.05. The van der Waals surface area contributed by atoms with Crippen LogP contribution in [0.3, 0.4) is 0 Å². The van der Waals surface area contributed by atoms with Gasteiger partial charge in [0.05, 0.1) is 10.7 Å². The normalized spacial score (nSPS) is 14.8. The number of phenolic OH excluding ortho intramolecular Hbond substituents is 1. The lowest BCUT2D eigenvalue weighted by Crippen LogP contribution is -1.88. The Morgan fingerprint density at radius 2 is 2.06 bits per heavy atom. The van der Waals surface area contributed by atoms with Gasteiger partial charge in [-0.3, -0.25) is 4.98 Å². The largest absolute Gasteiger partial charge is 0.505 e. The smallest absolute Gasteiger partial charge is 0.183 e. The average molecular weight is 264 g/mol. The second-order valence-corrected chi connectivity index (χ2v) is 4.95. The van der Waals surface area contributed by atoms with E-state index in [4.69, 9.17) is 11.6 Å². The van der Waals surface area contributed by atoms with E-state index in [2.05, 4.69) is 4.98 Å². The Bertz CT molecular complexity index is 570. The highest BCUT2D eigenvalue weighted by Gasteiger charge is 2.23. The number of hydrogen-bond donors (Lipinski definition) is 1. The van der Waals surface area contributed by atoms with E-state index in [9.17, 15) is 9.50 Å². The molecule has 1 aliphatic carbocycles. The van der Waals surface area contributed by atoms with E-state index in [-0.39, 0.29) is 5.02 Å². The molecule has 1 saturated carbocycles. The SMILES string of the molecule is Oc1cc(-c2ccc(C3CC3)cn2)cc(Cl)c1F. The molecule has 92 valence electrons. The number of hydrogen-bond acceptors (Lipinski definition) is 2. The molecule has 1 aliphatic rings. The molecule has 0 spiro atoms. The van der Waals surface area contributed by atoms with E-state index >= 15 is 0 Å². The van der Waals surface area contributed by atoms with Crippen molar-refractivity contribution >= 4 is 11.6 Å². The van der Waals surface area contributed by atoms with Crippen LogP contribution in [-0.4, -0.2) is 10.1 Å². The van der Waals surface area contributed by atoms with Crippen molar-refractivity contribution in [2.75, 3.05) is 0 Å². The predicted octanol–water partition coefficient (Wildman–Crippen LogP) is 4.12. The summed E-state index contributed by atoms with van der Waals surface area (Å²) in [5, 5.41) is 9.31. The molecule has 0 unspecified atom stereocenters. The van der Waals surface area contributed by atoms with Crippen LogP contribution in [0.15, 0.2) is 30.5 Å². The summed E-state index contributed by atoms with van der Waals surface area (Å²) in [6, 6.07) is 6.70. The highest BCUT2D eigenvalue weighted by atomic mass is 35.5. The fraction of sp³-hybridized carbons (Fsp3) is 0.214. The van der Waals surface area contributed by atoms with Gasteiger partial charge in [-0.1, -0.05) is 17.7 Å². The first kappa shape index (κ1) is 11.5. The van der Waals surface area contributed by atoms with Gasteiger partial charge in [-0.05, 0) is 42.5 Å². The molecule has 0 amide bonds. The Labute approximate surface area is 109 Å². The first-order chi connectivity index (χ1) is 8.65. The number of halogens is 2. The summed E-state index contributed by atoms with van der Waals surface area (Å²) < 4.78 is 13.2. The second kappa shape index (κ2) is 4.25. The van der Waals surface area contributed by atoms with Gasteiger partial charge in [-0.25, -0.2) is 4.39 Å². The van der Waals surface area contributed by atoms with Gasteiger partial charge in [-0.2, -0.15) is 0 Å². The van der Waals surface area contributed by atoms with Gasteiger partial charge in [0.15, 0.2) is 11.6 Å². The topological polar surface area (TPSA) is 33.1 Å². The zero-order chi connectivity index (χ0) is 12.7. The molecule has 2 aromatic rings. The molecule has 3 rings (SSSR count). The molecular formula is C14H11ClFNO. The first-order valence-corrected chi connectivity index (χ1v) is 6.17. The van der Waals surface area contributed by atoms with Gasteiger partial charge in [0.2, 0.25) is 0 Å². The Kier molecular flexibility index (Phi) is 2.71. The predicted molar refractivity (Wildman–Crippen MR) is 68.3 cm³/mol. The number of pyridine rings is 1. The molecule has 1 N–H and O–H groups in total. The summed E-state index contributed by atoms with van der Waals surface area (Å²) in [5.74, 6) is -0.600. The third kappa shape index (κ3) is 2.06. The number of aromatic nitrogens is 1. The Morgan fingerprint density at radius 1 is 1.28 bits per heavy atom. The Balaban J connectivity index is 1.98. The summed E-state index contributed by atoms with van der Waals surface area (Å²) in [5.41, 5.74) is 2.52. The molecule has 0 bridgehead atoms. The van der Waals surface area contributed by atoms with Crippen LogP contribution in [0.5, 0.6) is 5.75 Å². The van der Waals surface area contributed by atoms with Crippen molar-refractivity contribution in [2.45, 2.75) is 18.8 Å². The van der Waals surface area contributed by atoms with E-state index in [0.29, 0.717) is 17.2 Å². The van der Waals surface area contributed by atoms with Crippen LogP contribution in [0, 0.1) is 5.82 Å². The molecule has 0 aliphatic heterocycles. The van der Waals surface area contributed by atoms with Crippen LogP contribution in [0.1, 0.15) is 24.3 Å². The van der Waals surface area contributed by atoms with Crippen LogP contribution in [0.25, 0.3) is 11.3 Å². The fourth-order valence-corrected chi connectivity index (χ4v) is 2.17. The van der Waals surface area contributed by atoms with E-state index in [1.165, 1.54) is 30.5 Å². The van der Waals surface area contributed by atoms with Crippen LogP contribution in [0.4, 0.5) is 4.39 Å². The van der Waals surface area contributed by atoms with E-state index in [0.717, 1.165) is 0 Å². The molecule has 1 heterocycles. The minimum Gasteiger partial charge on any atom is -0.505 e. The van der Waals surface area contributed by atoms with Crippen molar-refractivity contribution in [3.05, 3.63) is 46.9 Å². The molecular weight excluding hydrogens is 253 g/mol. The number of aromatic hydroxyl groups is 1. The van der Waals surface area contributed by atoms with E-state index < -0.39 is 11.6 Å². The van der Waals surface area contributed by atoms with Gasteiger partial charge >= 0.3 is 0 Å². The number of rotatable bonds is 2. The zero-order valence-corrected chi connectivity index (χ0v) is 10.3. The van der Waals surface area contributed by atoms with E-state index in [1.807, 2.05) is 18.3 Å². The lowest BCUT2D eigenvalue weighted by atomic mass is 10.1. The van der Waals surface area contributed by atoms with Crippen LogP contribution < -0.4 is 0 Å². The van der Waals surface area contributed by atoms with Gasteiger partial charge in [0.25, 0.3) is 0 Å². The second-order valence-electron chi connectivity index (χ2n) is 4.54.